The summed E-state index contributed by atoms with van der Waals surface area (Å²) in [6, 6.07) is 0. The molecular weight excluding hydrogens is 881 g/mol. The Balaban J connectivity index is 1.08. The standard InChI is InChI=1S/C48H78O19/c1-43(2)16-22-21-8-9-26-45(4)12-11-28(46(5,20-51)25(45)10-13-48(26,7)47(21,6)15-14-44(22,3)27(52)17-43)64-42-38(34(58)33(57)36(65-42)39(60)61)67-41-37(32(56)30(54)24(19-50)63-41)66-40-35(59)31(55)29(53)23(18-49)62-40/h8,22-38,40-42,49-59H,9-20H2,1-7H3,(H,60,61)/t22-,23?,24+,25+,26+,27+,28?,29?,30?,31?,32?,33?,34?,35?,36?,37?,38?,40-,41-,42+,44+,45-,46+,47+,48+/m0/s1. The number of rotatable bonds is 10. The molecule has 67 heavy (non-hydrogen) atoms. The fraction of sp³-hybridized carbons (Fsp3) is 0.938. The Labute approximate surface area is 392 Å². The van der Waals surface area contributed by atoms with Gasteiger partial charge in [-0.3, -0.25) is 0 Å². The first kappa shape index (κ1) is 51.9. The Morgan fingerprint density at radius 3 is 1.82 bits per heavy atom. The van der Waals surface area contributed by atoms with E-state index in [2.05, 4.69) is 47.6 Å². The number of allylic oxidation sites excluding steroid dienone is 2. The maximum atomic E-state index is 12.5. The lowest BCUT2D eigenvalue weighted by Crippen LogP contribution is -2.68. The van der Waals surface area contributed by atoms with Gasteiger partial charge in [0, 0.05) is 10.8 Å². The third kappa shape index (κ3) is 8.10. The molecule has 0 spiro atoms. The predicted octanol–water partition coefficient (Wildman–Crippen LogP) is -0.323. The molecule has 384 valence electrons. The van der Waals surface area contributed by atoms with E-state index in [1.807, 2.05) is 6.92 Å². The van der Waals surface area contributed by atoms with Crippen molar-refractivity contribution in [2.24, 2.45) is 50.2 Å². The lowest BCUT2D eigenvalue weighted by atomic mass is 9.33. The van der Waals surface area contributed by atoms with E-state index < -0.39 is 123 Å². The summed E-state index contributed by atoms with van der Waals surface area (Å²) in [5, 5.41) is 130. The zero-order chi connectivity index (χ0) is 49.1. The first-order valence-corrected chi connectivity index (χ1v) is 24.4. The van der Waals surface area contributed by atoms with Gasteiger partial charge in [0.25, 0.3) is 0 Å². The first-order chi connectivity index (χ1) is 31.3. The third-order valence-electron chi connectivity index (χ3n) is 19.5. The molecule has 0 aromatic carbocycles. The van der Waals surface area contributed by atoms with Crippen LogP contribution in [0.5, 0.6) is 0 Å². The average molecular weight is 959 g/mol. The van der Waals surface area contributed by atoms with Crippen LogP contribution >= 0.6 is 0 Å². The number of carboxylic acid groups (broad SMARTS) is 1. The van der Waals surface area contributed by atoms with Gasteiger partial charge in [0.1, 0.15) is 67.1 Å². The van der Waals surface area contributed by atoms with Crippen molar-refractivity contribution in [2.75, 3.05) is 19.8 Å². The Bertz CT molecular complexity index is 1830. The molecule has 12 unspecified atom stereocenters. The molecule has 4 saturated carbocycles. The molecule has 5 aliphatic carbocycles. The van der Waals surface area contributed by atoms with Gasteiger partial charge in [0.05, 0.1) is 32.0 Å². The molecule has 8 rings (SSSR count). The lowest BCUT2D eigenvalue weighted by molar-refractivity contribution is -0.397. The van der Waals surface area contributed by atoms with Crippen LogP contribution in [0.15, 0.2) is 11.6 Å². The van der Waals surface area contributed by atoms with Crippen molar-refractivity contribution >= 4 is 5.97 Å². The second kappa shape index (κ2) is 18.2. The number of ether oxygens (including phenoxy) is 6. The predicted molar refractivity (Wildman–Crippen MR) is 232 cm³/mol. The minimum absolute atomic E-state index is 0.00861. The number of fused-ring (bicyclic) bond motifs is 7. The number of aliphatic carboxylic acids is 1. The van der Waals surface area contributed by atoms with Gasteiger partial charge in [0.15, 0.2) is 25.0 Å². The van der Waals surface area contributed by atoms with Crippen molar-refractivity contribution in [2.45, 2.75) is 211 Å². The van der Waals surface area contributed by atoms with E-state index in [9.17, 15) is 66.1 Å². The van der Waals surface area contributed by atoms with Crippen LogP contribution in [-0.2, 0) is 33.2 Å². The van der Waals surface area contributed by atoms with Crippen molar-refractivity contribution < 1.29 is 94.5 Å². The Morgan fingerprint density at radius 1 is 0.627 bits per heavy atom. The molecule has 0 aromatic rings. The van der Waals surface area contributed by atoms with Crippen LogP contribution in [-0.4, -0.2) is 191 Å². The summed E-state index contributed by atoms with van der Waals surface area (Å²) in [5.74, 6) is -1.22. The van der Waals surface area contributed by atoms with E-state index in [1.54, 1.807) is 0 Å². The van der Waals surface area contributed by atoms with Crippen LogP contribution in [0.1, 0.15) is 106 Å². The first-order valence-electron chi connectivity index (χ1n) is 24.4. The van der Waals surface area contributed by atoms with Gasteiger partial charge < -0.3 is 89.7 Å². The van der Waals surface area contributed by atoms with Gasteiger partial charge in [-0.25, -0.2) is 4.79 Å². The molecule has 8 aliphatic rings. The maximum Gasteiger partial charge on any atom is 0.335 e. The summed E-state index contributed by atoms with van der Waals surface area (Å²) < 4.78 is 36.0. The Morgan fingerprint density at radius 2 is 1.21 bits per heavy atom. The molecular formula is C48H78O19. The fourth-order valence-corrected chi connectivity index (χ4v) is 15.2. The van der Waals surface area contributed by atoms with Crippen molar-refractivity contribution in [3.05, 3.63) is 11.6 Å². The fourth-order valence-electron chi connectivity index (χ4n) is 15.2. The van der Waals surface area contributed by atoms with E-state index in [4.69, 9.17) is 28.4 Å². The van der Waals surface area contributed by atoms with Crippen LogP contribution in [0.25, 0.3) is 0 Å². The minimum atomic E-state index is -2.10. The van der Waals surface area contributed by atoms with Gasteiger partial charge in [-0.1, -0.05) is 60.1 Å². The molecule has 3 saturated heterocycles. The van der Waals surface area contributed by atoms with Crippen molar-refractivity contribution in [3.8, 4) is 0 Å². The number of aliphatic hydroxyl groups is 11. The van der Waals surface area contributed by atoms with Gasteiger partial charge in [-0.05, 0) is 97.2 Å². The topological polar surface area (TPSA) is 315 Å². The lowest BCUT2D eigenvalue weighted by Gasteiger charge is -2.72. The SMILES string of the molecule is CC1(C)C[C@@H](O)[C@]2(C)CC[C@]3(C)C(=CC[C@@H]4[C@@]5(C)CCC(O[C@@H]6OC(C(=O)O)C(O)C(O)C6O[C@@H]6O[C@H](CO)C(O)C(O)C6O[C@@H]6OC(CO)C(O)C(O)C6O)[C@](C)(CO)[C@@H]5CC[C@]43C)[C@@H]2C1. The quantitative estimate of drug-likeness (QED) is 0.0986. The molecule has 19 heteroatoms. The summed E-state index contributed by atoms with van der Waals surface area (Å²) in [6.45, 7) is 14.0. The van der Waals surface area contributed by atoms with Crippen LogP contribution in [0.2, 0.25) is 0 Å². The summed E-state index contributed by atoms with van der Waals surface area (Å²) in [5.41, 5.74) is -0.143. The number of aliphatic hydroxyl groups excluding tert-OH is 11. The van der Waals surface area contributed by atoms with E-state index in [-0.39, 0.29) is 57.5 Å². The van der Waals surface area contributed by atoms with Crippen LogP contribution in [0, 0.1) is 50.2 Å². The second-order valence-electron chi connectivity index (χ2n) is 23.6. The highest BCUT2D eigenvalue weighted by molar-refractivity contribution is 5.73. The average Bonchev–Trinajstić information content (AvgIpc) is 3.27. The highest BCUT2D eigenvalue weighted by Gasteiger charge is 2.70. The summed E-state index contributed by atoms with van der Waals surface area (Å²) >= 11 is 0. The summed E-state index contributed by atoms with van der Waals surface area (Å²) in [7, 11) is 0. The van der Waals surface area contributed by atoms with Crippen LogP contribution in [0.4, 0.5) is 0 Å². The number of hydrogen-bond donors (Lipinski definition) is 12. The molecule has 0 radical (unpaired) electrons. The molecule has 3 aliphatic heterocycles. The minimum Gasteiger partial charge on any atom is -0.479 e. The second-order valence-corrected chi connectivity index (χ2v) is 23.6. The number of hydrogen-bond acceptors (Lipinski definition) is 18. The van der Waals surface area contributed by atoms with Gasteiger partial charge in [-0.2, -0.15) is 0 Å². The van der Waals surface area contributed by atoms with E-state index in [1.165, 1.54) is 5.57 Å². The Kier molecular flexibility index (Phi) is 14.1. The van der Waals surface area contributed by atoms with Crippen molar-refractivity contribution in [3.63, 3.8) is 0 Å². The molecule has 25 atom stereocenters. The largest absolute Gasteiger partial charge is 0.479 e. The molecule has 19 nitrogen and oxygen atoms in total. The van der Waals surface area contributed by atoms with Crippen molar-refractivity contribution in [1.82, 2.24) is 0 Å². The third-order valence-corrected chi connectivity index (χ3v) is 19.5. The van der Waals surface area contributed by atoms with Gasteiger partial charge in [0.2, 0.25) is 0 Å². The van der Waals surface area contributed by atoms with E-state index in [0.717, 1.165) is 44.9 Å². The zero-order valence-electron chi connectivity index (χ0n) is 39.8. The molecule has 0 amide bonds. The maximum absolute atomic E-state index is 12.5. The smallest absolute Gasteiger partial charge is 0.335 e. The highest BCUT2D eigenvalue weighted by Crippen LogP contribution is 2.76. The number of carbonyl (C=O) groups is 1. The monoisotopic (exact) mass is 959 g/mol. The van der Waals surface area contributed by atoms with Gasteiger partial charge >= 0.3 is 5.97 Å². The zero-order valence-corrected chi connectivity index (χ0v) is 39.8. The summed E-state index contributed by atoms with van der Waals surface area (Å²) in [6.07, 6.45) is -19.2. The van der Waals surface area contributed by atoms with E-state index >= 15 is 0 Å². The molecule has 12 N–H and O–H groups in total. The molecule has 7 fully saturated rings. The van der Waals surface area contributed by atoms with Gasteiger partial charge in [-0.15, -0.1) is 0 Å². The van der Waals surface area contributed by atoms with Crippen LogP contribution < -0.4 is 0 Å². The normalized spacial score (nSPS) is 55.3. The molecule has 0 aromatic heterocycles. The Hall–Kier alpha value is -1.47. The van der Waals surface area contributed by atoms with E-state index in [0.29, 0.717) is 12.8 Å². The summed E-state index contributed by atoms with van der Waals surface area (Å²) in [4.78, 5) is 12.5. The molecule has 3 heterocycles. The number of carboxylic acids is 1. The van der Waals surface area contributed by atoms with Crippen molar-refractivity contribution in [1.29, 1.82) is 0 Å². The highest BCUT2D eigenvalue weighted by atomic mass is 16.8. The van der Waals surface area contributed by atoms with Crippen LogP contribution in [0.3, 0.4) is 0 Å². The molecule has 0 bridgehead atoms.